The van der Waals surface area contributed by atoms with E-state index in [-0.39, 0.29) is 18.0 Å². The maximum Gasteiger partial charge on any atom is 0.318 e. The number of ether oxygens (including phenoxy) is 1. The summed E-state index contributed by atoms with van der Waals surface area (Å²) in [5, 5.41) is 3.00. The van der Waals surface area contributed by atoms with E-state index >= 15 is 0 Å². The highest BCUT2D eigenvalue weighted by Gasteiger charge is 2.42. The van der Waals surface area contributed by atoms with E-state index < -0.39 is 5.54 Å². The van der Waals surface area contributed by atoms with Crippen molar-refractivity contribution < 1.29 is 13.9 Å². The van der Waals surface area contributed by atoms with E-state index in [9.17, 15) is 9.18 Å². The lowest BCUT2D eigenvalue weighted by molar-refractivity contribution is -0.0951. The van der Waals surface area contributed by atoms with Gasteiger partial charge in [-0.1, -0.05) is 31.9 Å². The van der Waals surface area contributed by atoms with Crippen LogP contribution >= 0.6 is 0 Å². The van der Waals surface area contributed by atoms with E-state index in [4.69, 9.17) is 4.74 Å². The highest BCUT2D eigenvalue weighted by Crippen LogP contribution is 2.37. The monoisotopic (exact) mass is 322 g/mol. The highest BCUT2D eigenvalue weighted by atomic mass is 19.1. The van der Waals surface area contributed by atoms with Crippen molar-refractivity contribution in [2.75, 3.05) is 19.7 Å². The summed E-state index contributed by atoms with van der Waals surface area (Å²) in [6.07, 6.45) is 2.98. The summed E-state index contributed by atoms with van der Waals surface area (Å²) in [4.78, 5) is 14.3. The lowest BCUT2D eigenvalue weighted by Gasteiger charge is -2.47. The predicted molar refractivity (Wildman–Crippen MR) is 88.8 cm³/mol. The number of hydrogen-bond acceptors (Lipinski definition) is 2. The maximum atomic E-state index is 13.1. The molecular weight excluding hydrogens is 295 g/mol. The first-order valence-corrected chi connectivity index (χ1v) is 8.39. The standard InChI is InChI=1S/C18H27FN2O2/c1-4-5-6-11-20-17(22)21-12-13-23-16(18(21,2)3)14-7-9-15(19)10-8-14/h7-10,16H,4-6,11-13H2,1-3H3,(H,20,22). The number of amides is 2. The lowest BCUT2D eigenvalue weighted by atomic mass is 9.88. The van der Waals surface area contributed by atoms with Gasteiger partial charge in [0, 0.05) is 13.1 Å². The summed E-state index contributed by atoms with van der Waals surface area (Å²) in [6.45, 7) is 7.86. The summed E-state index contributed by atoms with van der Waals surface area (Å²) < 4.78 is 19.0. The molecule has 4 nitrogen and oxygen atoms in total. The van der Waals surface area contributed by atoms with Crippen molar-refractivity contribution in [3.63, 3.8) is 0 Å². The highest BCUT2D eigenvalue weighted by molar-refractivity contribution is 5.75. The number of morpholine rings is 1. The Hall–Kier alpha value is -1.62. The van der Waals surface area contributed by atoms with Gasteiger partial charge < -0.3 is 15.0 Å². The Labute approximate surface area is 138 Å². The quantitative estimate of drug-likeness (QED) is 0.836. The van der Waals surface area contributed by atoms with E-state index in [2.05, 4.69) is 12.2 Å². The zero-order valence-electron chi connectivity index (χ0n) is 14.3. The van der Waals surface area contributed by atoms with Crippen LogP contribution in [0.5, 0.6) is 0 Å². The third kappa shape index (κ3) is 4.22. The van der Waals surface area contributed by atoms with Crippen LogP contribution in [0.4, 0.5) is 9.18 Å². The predicted octanol–water partition coefficient (Wildman–Crippen LogP) is 3.88. The summed E-state index contributed by atoms with van der Waals surface area (Å²) in [6, 6.07) is 6.26. The molecule has 1 aromatic rings. The molecule has 1 aliphatic rings. The van der Waals surface area contributed by atoms with Crippen LogP contribution in [0.25, 0.3) is 0 Å². The minimum absolute atomic E-state index is 0.0542. The number of hydrogen-bond donors (Lipinski definition) is 1. The van der Waals surface area contributed by atoms with Gasteiger partial charge in [-0.2, -0.15) is 0 Å². The molecule has 0 bridgehead atoms. The Balaban J connectivity index is 2.06. The van der Waals surface area contributed by atoms with Gasteiger partial charge in [0.2, 0.25) is 0 Å². The molecule has 1 aliphatic heterocycles. The van der Waals surface area contributed by atoms with E-state index in [0.29, 0.717) is 19.7 Å². The normalized spacial score (nSPS) is 20.3. The first-order chi connectivity index (χ1) is 11.0. The van der Waals surface area contributed by atoms with Crippen LogP contribution in [0.15, 0.2) is 24.3 Å². The van der Waals surface area contributed by atoms with Crippen LogP contribution < -0.4 is 5.32 Å². The number of carbonyl (C=O) groups is 1. The van der Waals surface area contributed by atoms with Crippen LogP contribution in [0, 0.1) is 5.82 Å². The first-order valence-electron chi connectivity index (χ1n) is 8.39. The molecule has 1 heterocycles. The Morgan fingerprint density at radius 3 is 2.70 bits per heavy atom. The van der Waals surface area contributed by atoms with Gasteiger partial charge in [-0.25, -0.2) is 9.18 Å². The van der Waals surface area contributed by atoms with Gasteiger partial charge >= 0.3 is 6.03 Å². The van der Waals surface area contributed by atoms with Crippen LogP contribution in [0.1, 0.15) is 51.7 Å². The van der Waals surface area contributed by atoms with Gasteiger partial charge in [0.1, 0.15) is 11.9 Å². The van der Waals surface area contributed by atoms with Crippen LogP contribution in [0.2, 0.25) is 0 Å². The summed E-state index contributed by atoms with van der Waals surface area (Å²) in [5.74, 6) is -0.270. The second-order valence-corrected chi connectivity index (χ2v) is 6.55. The molecule has 0 saturated carbocycles. The zero-order chi connectivity index (χ0) is 16.9. The second kappa shape index (κ2) is 7.77. The van der Waals surface area contributed by atoms with Gasteiger partial charge in [0.05, 0.1) is 12.1 Å². The zero-order valence-corrected chi connectivity index (χ0v) is 14.3. The van der Waals surface area contributed by atoms with Crippen molar-refractivity contribution in [1.82, 2.24) is 10.2 Å². The average Bonchev–Trinajstić information content (AvgIpc) is 2.52. The summed E-state index contributed by atoms with van der Waals surface area (Å²) in [7, 11) is 0. The Morgan fingerprint density at radius 1 is 1.35 bits per heavy atom. The minimum atomic E-state index is -0.495. The number of halogens is 1. The Bertz CT molecular complexity index is 516. The summed E-state index contributed by atoms with van der Waals surface area (Å²) >= 11 is 0. The van der Waals surface area contributed by atoms with Gasteiger partial charge in [-0.15, -0.1) is 0 Å². The molecule has 5 heteroatoms. The van der Waals surface area contributed by atoms with E-state index in [1.807, 2.05) is 18.7 Å². The molecule has 1 unspecified atom stereocenters. The molecular formula is C18H27FN2O2. The fourth-order valence-corrected chi connectivity index (χ4v) is 3.07. The fourth-order valence-electron chi connectivity index (χ4n) is 3.07. The SMILES string of the molecule is CCCCCNC(=O)N1CCOC(c2ccc(F)cc2)C1(C)C. The van der Waals surface area contributed by atoms with Crippen molar-refractivity contribution in [3.05, 3.63) is 35.6 Å². The molecule has 23 heavy (non-hydrogen) atoms. The molecule has 2 rings (SSSR count). The lowest BCUT2D eigenvalue weighted by Crippen LogP contribution is -2.59. The van der Waals surface area contributed by atoms with E-state index in [0.717, 1.165) is 24.8 Å². The van der Waals surface area contributed by atoms with E-state index in [1.54, 1.807) is 12.1 Å². The minimum Gasteiger partial charge on any atom is -0.369 e. The number of rotatable bonds is 5. The summed E-state index contributed by atoms with van der Waals surface area (Å²) in [5.41, 5.74) is 0.394. The molecule has 1 atom stereocenters. The van der Waals surface area contributed by atoms with Crippen molar-refractivity contribution in [3.8, 4) is 0 Å². The maximum absolute atomic E-state index is 13.1. The van der Waals surface area contributed by atoms with Gasteiger partial charge in [0.15, 0.2) is 0 Å². The topological polar surface area (TPSA) is 41.6 Å². The van der Waals surface area contributed by atoms with Crippen molar-refractivity contribution in [2.24, 2.45) is 0 Å². The molecule has 128 valence electrons. The average molecular weight is 322 g/mol. The Kier molecular flexibility index (Phi) is 5.99. The van der Waals surface area contributed by atoms with Crippen LogP contribution in [-0.2, 0) is 4.74 Å². The number of benzene rings is 1. The number of nitrogens with zero attached hydrogens (tertiary/aromatic N) is 1. The molecule has 0 aromatic heterocycles. The smallest absolute Gasteiger partial charge is 0.318 e. The van der Waals surface area contributed by atoms with Gasteiger partial charge in [0.25, 0.3) is 0 Å². The molecule has 1 aromatic carbocycles. The fraction of sp³-hybridized carbons (Fsp3) is 0.611. The second-order valence-electron chi connectivity index (χ2n) is 6.55. The van der Waals surface area contributed by atoms with Crippen molar-refractivity contribution >= 4 is 6.03 Å². The largest absolute Gasteiger partial charge is 0.369 e. The van der Waals surface area contributed by atoms with Crippen LogP contribution in [0.3, 0.4) is 0 Å². The third-order valence-electron chi connectivity index (χ3n) is 4.41. The first kappa shape index (κ1) is 17.7. The molecule has 0 spiro atoms. The number of nitrogens with one attached hydrogen (secondary N) is 1. The van der Waals surface area contributed by atoms with Crippen molar-refractivity contribution in [2.45, 2.75) is 51.7 Å². The molecule has 2 amide bonds. The molecule has 1 fully saturated rings. The molecule has 0 radical (unpaired) electrons. The molecule has 1 saturated heterocycles. The Morgan fingerprint density at radius 2 is 2.04 bits per heavy atom. The van der Waals surface area contributed by atoms with Gasteiger partial charge in [-0.3, -0.25) is 0 Å². The molecule has 1 N–H and O–H groups in total. The number of urea groups is 1. The van der Waals surface area contributed by atoms with Crippen molar-refractivity contribution in [1.29, 1.82) is 0 Å². The number of unbranched alkanes of at least 4 members (excludes halogenated alkanes) is 2. The van der Waals surface area contributed by atoms with E-state index in [1.165, 1.54) is 12.1 Å². The third-order valence-corrected chi connectivity index (χ3v) is 4.41. The number of carbonyl (C=O) groups excluding carboxylic acids is 1. The van der Waals surface area contributed by atoms with Gasteiger partial charge in [-0.05, 0) is 38.0 Å². The molecule has 0 aliphatic carbocycles. The van der Waals surface area contributed by atoms with Crippen LogP contribution in [-0.4, -0.2) is 36.2 Å².